The molecule has 0 N–H and O–H groups in total. The second kappa shape index (κ2) is 5.47. The molecule has 0 saturated heterocycles. The lowest BCUT2D eigenvalue weighted by atomic mass is 10.3. The average molecular weight is 296 g/mol. The fraction of sp³-hybridized carbons (Fsp3) is 0.300. The van der Waals surface area contributed by atoms with E-state index >= 15 is 0 Å². The summed E-state index contributed by atoms with van der Waals surface area (Å²) in [7, 11) is 0. The van der Waals surface area contributed by atoms with E-state index in [9.17, 15) is 9.18 Å². The van der Waals surface area contributed by atoms with Gasteiger partial charge in [-0.25, -0.2) is 4.39 Å². The van der Waals surface area contributed by atoms with Crippen molar-refractivity contribution in [3.63, 3.8) is 0 Å². The highest BCUT2D eigenvalue weighted by Gasteiger charge is 2.07. The molecule has 1 rings (SSSR count). The standard InChI is InChI=1S/C10H9BrClFO2/c1-6(14)2-3-15-10-5-9(13)8(12)4-7(10)11/h4-5H,2-3H2,1H3. The molecule has 0 heterocycles. The number of ketones is 1. The summed E-state index contributed by atoms with van der Waals surface area (Å²) in [5.41, 5.74) is 0. The number of hydrogen-bond acceptors (Lipinski definition) is 2. The minimum absolute atomic E-state index is 0.0283. The van der Waals surface area contributed by atoms with Crippen molar-refractivity contribution in [2.75, 3.05) is 6.61 Å². The second-order valence-electron chi connectivity index (χ2n) is 3.00. The molecule has 0 amide bonds. The van der Waals surface area contributed by atoms with Crippen LogP contribution in [-0.2, 0) is 4.79 Å². The van der Waals surface area contributed by atoms with E-state index in [0.29, 0.717) is 16.6 Å². The minimum Gasteiger partial charge on any atom is -0.492 e. The molecule has 82 valence electrons. The smallest absolute Gasteiger partial charge is 0.145 e. The Labute approximate surface area is 101 Å². The minimum atomic E-state index is -0.544. The zero-order chi connectivity index (χ0) is 11.4. The van der Waals surface area contributed by atoms with E-state index < -0.39 is 5.82 Å². The normalized spacial score (nSPS) is 10.1. The number of halogens is 3. The monoisotopic (exact) mass is 294 g/mol. The number of rotatable bonds is 4. The highest BCUT2D eigenvalue weighted by molar-refractivity contribution is 9.10. The van der Waals surface area contributed by atoms with Crippen LogP contribution in [-0.4, -0.2) is 12.4 Å². The molecule has 0 saturated carbocycles. The van der Waals surface area contributed by atoms with Gasteiger partial charge in [0.2, 0.25) is 0 Å². The first-order valence-corrected chi connectivity index (χ1v) is 5.44. The van der Waals surface area contributed by atoms with Gasteiger partial charge in [0.1, 0.15) is 17.3 Å². The van der Waals surface area contributed by atoms with Crippen LogP contribution in [0.25, 0.3) is 0 Å². The molecular weight excluding hydrogens is 286 g/mol. The topological polar surface area (TPSA) is 26.3 Å². The van der Waals surface area contributed by atoms with Gasteiger partial charge in [-0.1, -0.05) is 11.6 Å². The van der Waals surface area contributed by atoms with Crippen LogP contribution in [0.15, 0.2) is 16.6 Å². The van der Waals surface area contributed by atoms with Gasteiger partial charge in [0.05, 0.1) is 16.1 Å². The van der Waals surface area contributed by atoms with E-state index in [1.54, 1.807) is 0 Å². The highest BCUT2D eigenvalue weighted by Crippen LogP contribution is 2.30. The Morgan fingerprint density at radius 1 is 1.60 bits per heavy atom. The largest absolute Gasteiger partial charge is 0.492 e. The third-order valence-electron chi connectivity index (χ3n) is 1.69. The lowest BCUT2D eigenvalue weighted by Gasteiger charge is -2.07. The molecule has 0 aliphatic carbocycles. The van der Waals surface area contributed by atoms with Crippen LogP contribution in [0.1, 0.15) is 13.3 Å². The average Bonchev–Trinajstić information content (AvgIpc) is 2.13. The van der Waals surface area contributed by atoms with Crippen molar-refractivity contribution >= 4 is 33.3 Å². The van der Waals surface area contributed by atoms with E-state index in [2.05, 4.69) is 15.9 Å². The molecule has 0 fully saturated rings. The van der Waals surface area contributed by atoms with E-state index in [1.165, 1.54) is 19.1 Å². The molecule has 0 aliphatic heterocycles. The van der Waals surface area contributed by atoms with Crippen LogP contribution in [0.3, 0.4) is 0 Å². The Kier molecular flexibility index (Phi) is 4.54. The molecule has 0 aliphatic rings. The molecule has 0 atom stereocenters. The number of hydrogen-bond donors (Lipinski definition) is 0. The maximum absolute atomic E-state index is 13.0. The zero-order valence-electron chi connectivity index (χ0n) is 8.02. The van der Waals surface area contributed by atoms with Gasteiger partial charge in [-0.3, -0.25) is 4.79 Å². The highest BCUT2D eigenvalue weighted by atomic mass is 79.9. The van der Waals surface area contributed by atoms with Gasteiger partial charge in [0, 0.05) is 12.5 Å². The van der Waals surface area contributed by atoms with Crippen LogP contribution in [0.4, 0.5) is 4.39 Å². The van der Waals surface area contributed by atoms with Crippen LogP contribution in [0.5, 0.6) is 5.75 Å². The first-order valence-electron chi connectivity index (χ1n) is 4.27. The third kappa shape index (κ3) is 3.80. The van der Waals surface area contributed by atoms with Gasteiger partial charge >= 0.3 is 0 Å². The maximum Gasteiger partial charge on any atom is 0.145 e. The van der Waals surface area contributed by atoms with Crippen molar-refractivity contribution in [2.24, 2.45) is 0 Å². The molecule has 0 bridgehead atoms. The maximum atomic E-state index is 13.0. The zero-order valence-corrected chi connectivity index (χ0v) is 10.4. The Bertz CT molecular complexity index is 382. The van der Waals surface area contributed by atoms with Crippen molar-refractivity contribution < 1.29 is 13.9 Å². The van der Waals surface area contributed by atoms with Gasteiger partial charge in [0.15, 0.2) is 0 Å². The molecule has 5 heteroatoms. The summed E-state index contributed by atoms with van der Waals surface area (Å²) < 4.78 is 18.8. The summed E-state index contributed by atoms with van der Waals surface area (Å²) in [6.07, 6.45) is 0.302. The summed E-state index contributed by atoms with van der Waals surface area (Å²) in [6.45, 7) is 1.70. The number of Topliss-reactive ketones (excluding diaryl/α,β-unsaturated/α-hetero) is 1. The Balaban J connectivity index is 2.69. The van der Waals surface area contributed by atoms with Crippen LogP contribution >= 0.6 is 27.5 Å². The lowest BCUT2D eigenvalue weighted by molar-refractivity contribution is -0.117. The molecule has 2 nitrogen and oxygen atoms in total. The van der Waals surface area contributed by atoms with Crippen molar-refractivity contribution in [3.8, 4) is 5.75 Å². The SMILES string of the molecule is CC(=O)CCOc1cc(F)c(Cl)cc1Br. The first kappa shape index (κ1) is 12.5. The summed E-state index contributed by atoms with van der Waals surface area (Å²) in [5.74, 6) is -0.170. The lowest BCUT2D eigenvalue weighted by Crippen LogP contribution is -2.03. The van der Waals surface area contributed by atoms with E-state index in [0.717, 1.165) is 0 Å². The van der Waals surface area contributed by atoms with E-state index in [1.807, 2.05) is 0 Å². The van der Waals surface area contributed by atoms with Gasteiger partial charge in [0.25, 0.3) is 0 Å². The van der Waals surface area contributed by atoms with Crippen molar-refractivity contribution in [1.82, 2.24) is 0 Å². The van der Waals surface area contributed by atoms with Crippen molar-refractivity contribution in [3.05, 3.63) is 27.4 Å². The van der Waals surface area contributed by atoms with Gasteiger partial charge in [-0.15, -0.1) is 0 Å². The van der Waals surface area contributed by atoms with Gasteiger partial charge in [-0.2, -0.15) is 0 Å². The summed E-state index contributed by atoms with van der Waals surface area (Å²) in [6, 6.07) is 2.60. The molecule has 0 spiro atoms. The first-order chi connectivity index (χ1) is 7.00. The molecule has 15 heavy (non-hydrogen) atoms. The van der Waals surface area contributed by atoms with Crippen molar-refractivity contribution in [2.45, 2.75) is 13.3 Å². The molecule has 0 unspecified atom stereocenters. The Morgan fingerprint density at radius 2 is 2.27 bits per heavy atom. The summed E-state index contributed by atoms with van der Waals surface area (Å²) in [5, 5.41) is 0.0285. The molecular formula is C10H9BrClFO2. The quantitative estimate of drug-likeness (QED) is 0.793. The van der Waals surface area contributed by atoms with Crippen LogP contribution in [0.2, 0.25) is 5.02 Å². The van der Waals surface area contributed by atoms with Crippen molar-refractivity contribution in [1.29, 1.82) is 0 Å². The molecule has 0 radical (unpaired) electrons. The van der Waals surface area contributed by atoms with Gasteiger partial charge < -0.3 is 4.74 Å². The molecule has 1 aromatic rings. The Morgan fingerprint density at radius 3 is 2.87 bits per heavy atom. The predicted octanol–water partition coefficient (Wildman–Crippen LogP) is 3.60. The number of benzene rings is 1. The van der Waals surface area contributed by atoms with Gasteiger partial charge in [-0.05, 0) is 28.9 Å². The van der Waals surface area contributed by atoms with Crippen LogP contribution < -0.4 is 4.74 Å². The molecule has 0 aromatic heterocycles. The van der Waals surface area contributed by atoms with E-state index in [4.69, 9.17) is 16.3 Å². The number of carbonyl (C=O) groups is 1. The third-order valence-corrected chi connectivity index (χ3v) is 2.60. The predicted molar refractivity (Wildman–Crippen MR) is 59.9 cm³/mol. The Hall–Kier alpha value is -0.610. The summed E-state index contributed by atoms with van der Waals surface area (Å²) >= 11 is 8.74. The summed E-state index contributed by atoms with van der Waals surface area (Å²) in [4.78, 5) is 10.7. The fourth-order valence-electron chi connectivity index (χ4n) is 0.920. The second-order valence-corrected chi connectivity index (χ2v) is 4.26. The number of ether oxygens (including phenoxy) is 1. The van der Waals surface area contributed by atoms with Crippen LogP contribution in [0, 0.1) is 5.82 Å². The molecule has 1 aromatic carbocycles. The van der Waals surface area contributed by atoms with E-state index in [-0.39, 0.29) is 17.4 Å². The number of carbonyl (C=O) groups excluding carboxylic acids is 1. The fourth-order valence-corrected chi connectivity index (χ4v) is 1.67.